The summed E-state index contributed by atoms with van der Waals surface area (Å²) in [5.41, 5.74) is 6.83. The van der Waals surface area contributed by atoms with Crippen molar-refractivity contribution in [3.8, 4) is 0 Å². The zero-order chi connectivity index (χ0) is 25.8. The monoisotopic (exact) mass is 496 g/mol. The normalized spacial score (nSPS) is 15.8. The molecule has 9 nitrogen and oxygen atoms in total. The Morgan fingerprint density at radius 2 is 1.68 bits per heavy atom. The number of carbonyl (C=O) groups is 3. The Balaban J connectivity index is 1.18. The van der Waals surface area contributed by atoms with E-state index in [1.54, 1.807) is 18.3 Å². The zero-order valence-electron chi connectivity index (χ0n) is 20.6. The molecule has 37 heavy (non-hydrogen) atoms. The van der Waals surface area contributed by atoms with E-state index in [2.05, 4.69) is 37.8 Å². The van der Waals surface area contributed by atoms with Gasteiger partial charge in [-0.05, 0) is 42.8 Å². The van der Waals surface area contributed by atoms with Gasteiger partial charge in [0.15, 0.2) is 0 Å². The number of anilines is 3. The SMILES string of the molecule is Cc1ccc(/C=N/NC(=O)Nc2ccc3c(c2)C(=O)C(=O)N3CN2CCN(c3ccccc3)CC2)cc1. The predicted molar refractivity (Wildman–Crippen MR) is 144 cm³/mol. The predicted octanol–water partition coefficient (Wildman–Crippen LogP) is 3.46. The first-order valence-corrected chi connectivity index (χ1v) is 12.2. The molecule has 2 N–H and O–H groups in total. The first kappa shape index (κ1) is 24.2. The maximum Gasteiger partial charge on any atom is 0.339 e. The Hall–Kier alpha value is -4.50. The van der Waals surface area contributed by atoms with Gasteiger partial charge in [0.1, 0.15) is 0 Å². The van der Waals surface area contributed by atoms with Crippen LogP contribution in [0.25, 0.3) is 0 Å². The molecule has 1 saturated heterocycles. The number of rotatable bonds is 6. The van der Waals surface area contributed by atoms with Gasteiger partial charge in [-0.1, -0.05) is 48.0 Å². The standard InChI is InChI=1S/C28H28N6O3/c1-20-7-9-21(10-8-20)18-29-31-28(37)30-22-11-12-25-24(17-22)26(35)27(36)34(25)19-32-13-15-33(16-14-32)23-5-3-2-4-6-23/h2-12,17-18H,13-16,19H2,1H3,(H2,30,31,37)/b29-18+. The number of benzene rings is 3. The van der Waals surface area contributed by atoms with E-state index in [9.17, 15) is 14.4 Å². The van der Waals surface area contributed by atoms with Crippen LogP contribution >= 0.6 is 0 Å². The lowest BCUT2D eigenvalue weighted by atomic mass is 10.1. The maximum atomic E-state index is 12.8. The molecule has 5 rings (SSSR count). The zero-order valence-corrected chi connectivity index (χ0v) is 20.6. The Kier molecular flexibility index (Phi) is 6.96. The highest BCUT2D eigenvalue weighted by Gasteiger charge is 2.37. The third-order valence-electron chi connectivity index (χ3n) is 6.52. The number of aryl methyl sites for hydroxylation is 1. The number of urea groups is 1. The van der Waals surface area contributed by atoms with Crippen molar-refractivity contribution in [2.45, 2.75) is 6.92 Å². The van der Waals surface area contributed by atoms with Gasteiger partial charge in [0.2, 0.25) is 0 Å². The Labute approximate surface area is 215 Å². The average Bonchev–Trinajstić information content (AvgIpc) is 3.15. The summed E-state index contributed by atoms with van der Waals surface area (Å²) < 4.78 is 0. The highest BCUT2D eigenvalue weighted by Crippen LogP contribution is 2.31. The molecule has 0 bridgehead atoms. The minimum Gasteiger partial charge on any atom is -0.369 e. The number of Topliss-reactive ketones (excluding diaryl/α,β-unsaturated/α-hetero) is 1. The fourth-order valence-corrected chi connectivity index (χ4v) is 4.48. The van der Waals surface area contributed by atoms with E-state index in [4.69, 9.17) is 0 Å². The maximum absolute atomic E-state index is 12.8. The number of para-hydroxylation sites is 1. The van der Waals surface area contributed by atoms with Gasteiger partial charge in [0.05, 0.1) is 24.1 Å². The molecule has 2 aliphatic heterocycles. The molecule has 3 amide bonds. The van der Waals surface area contributed by atoms with E-state index < -0.39 is 17.7 Å². The molecule has 0 atom stereocenters. The van der Waals surface area contributed by atoms with Crippen molar-refractivity contribution in [3.05, 3.63) is 89.5 Å². The van der Waals surface area contributed by atoms with Crippen molar-refractivity contribution in [1.82, 2.24) is 10.3 Å². The van der Waals surface area contributed by atoms with E-state index in [1.165, 1.54) is 16.7 Å². The third-order valence-corrected chi connectivity index (χ3v) is 6.52. The molecular weight excluding hydrogens is 468 g/mol. The summed E-state index contributed by atoms with van der Waals surface area (Å²) in [4.78, 5) is 43.7. The number of hydrogen-bond donors (Lipinski definition) is 2. The number of nitrogens with one attached hydrogen (secondary N) is 2. The van der Waals surface area contributed by atoms with Gasteiger partial charge in [0, 0.05) is 37.6 Å². The summed E-state index contributed by atoms with van der Waals surface area (Å²) in [6.45, 7) is 5.60. The number of nitrogens with zero attached hydrogens (tertiary/aromatic N) is 4. The molecular formula is C28H28N6O3. The van der Waals surface area contributed by atoms with Crippen LogP contribution in [-0.4, -0.2) is 61.7 Å². The number of ketones is 1. The Bertz CT molecular complexity index is 1330. The number of fused-ring (bicyclic) bond motifs is 1. The molecule has 0 aliphatic carbocycles. The largest absolute Gasteiger partial charge is 0.369 e. The quantitative estimate of drug-likeness (QED) is 0.310. The molecule has 3 aromatic rings. The number of hydrazone groups is 1. The lowest BCUT2D eigenvalue weighted by molar-refractivity contribution is -0.114. The first-order chi connectivity index (χ1) is 18.0. The van der Waals surface area contributed by atoms with Gasteiger partial charge in [-0.25, -0.2) is 10.2 Å². The molecule has 0 radical (unpaired) electrons. The van der Waals surface area contributed by atoms with Crippen molar-refractivity contribution < 1.29 is 14.4 Å². The summed E-state index contributed by atoms with van der Waals surface area (Å²) in [5.74, 6) is -1.12. The van der Waals surface area contributed by atoms with Crippen LogP contribution in [0.2, 0.25) is 0 Å². The highest BCUT2D eigenvalue weighted by atomic mass is 16.2. The smallest absolute Gasteiger partial charge is 0.339 e. The molecule has 3 aromatic carbocycles. The second kappa shape index (κ2) is 10.6. The van der Waals surface area contributed by atoms with Gasteiger partial charge in [-0.2, -0.15) is 5.10 Å². The van der Waals surface area contributed by atoms with Crippen LogP contribution in [0.4, 0.5) is 21.9 Å². The van der Waals surface area contributed by atoms with E-state index in [1.807, 2.05) is 49.4 Å². The Morgan fingerprint density at radius 1 is 0.946 bits per heavy atom. The molecule has 1 fully saturated rings. The minimum atomic E-state index is -0.570. The average molecular weight is 497 g/mol. The van der Waals surface area contributed by atoms with Gasteiger partial charge >= 0.3 is 11.9 Å². The summed E-state index contributed by atoms with van der Waals surface area (Å²) in [7, 11) is 0. The fourth-order valence-electron chi connectivity index (χ4n) is 4.48. The van der Waals surface area contributed by atoms with Gasteiger partial charge in [-0.3, -0.25) is 19.4 Å². The topological polar surface area (TPSA) is 97.3 Å². The van der Waals surface area contributed by atoms with Crippen LogP contribution in [0.3, 0.4) is 0 Å². The summed E-state index contributed by atoms with van der Waals surface area (Å²) >= 11 is 0. The van der Waals surface area contributed by atoms with E-state index in [-0.39, 0.29) is 5.56 Å². The molecule has 0 saturated carbocycles. The minimum absolute atomic E-state index is 0.286. The highest BCUT2D eigenvalue weighted by molar-refractivity contribution is 6.52. The lowest BCUT2D eigenvalue weighted by Crippen LogP contribution is -2.51. The number of piperazine rings is 1. The first-order valence-electron chi connectivity index (χ1n) is 12.2. The summed E-state index contributed by atoms with van der Waals surface area (Å²) in [6.07, 6.45) is 1.54. The molecule has 0 aromatic heterocycles. The second-order valence-electron chi connectivity index (χ2n) is 9.11. The van der Waals surface area contributed by atoms with Crippen molar-refractivity contribution >= 4 is 41.0 Å². The van der Waals surface area contributed by atoms with Gasteiger partial charge < -0.3 is 10.2 Å². The number of carbonyl (C=O) groups excluding carboxylic acids is 3. The van der Waals surface area contributed by atoms with Gasteiger partial charge in [0.25, 0.3) is 5.78 Å². The summed E-state index contributed by atoms with van der Waals surface area (Å²) in [5, 5.41) is 6.60. The van der Waals surface area contributed by atoms with Crippen molar-refractivity contribution in [1.29, 1.82) is 0 Å². The number of amides is 3. The molecule has 2 aliphatic rings. The Morgan fingerprint density at radius 3 is 2.41 bits per heavy atom. The molecule has 0 spiro atoms. The molecule has 0 unspecified atom stereocenters. The molecule has 188 valence electrons. The molecule has 9 heteroatoms. The van der Waals surface area contributed by atoms with Crippen LogP contribution in [0.15, 0.2) is 77.9 Å². The van der Waals surface area contributed by atoms with E-state index in [0.717, 1.165) is 37.3 Å². The van der Waals surface area contributed by atoms with Crippen LogP contribution in [-0.2, 0) is 4.79 Å². The second-order valence-corrected chi connectivity index (χ2v) is 9.11. The third kappa shape index (κ3) is 5.52. The van der Waals surface area contributed by atoms with Crippen LogP contribution in [0, 0.1) is 6.92 Å². The fraction of sp³-hybridized carbons (Fsp3) is 0.214. The van der Waals surface area contributed by atoms with Crippen LogP contribution < -0.4 is 20.5 Å². The van der Waals surface area contributed by atoms with Gasteiger partial charge in [-0.15, -0.1) is 0 Å². The lowest BCUT2D eigenvalue weighted by Gasteiger charge is -2.37. The van der Waals surface area contributed by atoms with Crippen molar-refractivity contribution in [2.75, 3.05) is 48.0 Å². The van der Waals surface area contributed by atoms with Crippen molar-refractivity contribution in [3.63, 3.8) is 0 Å². The molecule has 2 heterocycles. The van der Waals surface area contributed by atoms with Crippen LogP contribution in [0.1, 0.15) is 21.5 Å². The van der Waals surface area contributed by atoms with Crippen LogP contribution in [0.5, 0.6) is 0 Å². The van der Waals surface area contributed by atoms with Crippen molar-refractivity contribution in [2.24, 2.45) is 5.10 Å². The van der Waals surface area contributed by atoms with E-state index >= 15 is 0 Å². The van der Waals surface area contributed by atoms with E-state index in [0.29, 0.717) is 18.0 Å². The number of hydrogen-bond acceptors (Lipinski definition) is 6. The summed E-state index contributed by atoms with van der Waals surface area (Å²) in [6, 6.07) is 22.3.